The molecule has 2 nitrogen and oxygen atoms in total. The number of likely N-dealkylation sites (N-methyl/N-ethyl adjacent to an activating group) is 1. The minimum atomic E-state index is 0.525. The van der Waals surface area contributed by atoms with Crippen LogP contribution >= 0.6 is 0 Å². The van der Waals surface area contributed by atoms with Gasteiger partial charge < -0.3 is 5.32 Å². The largest absolute Gasteiger partial charge is 0.312 e. The Labute approximate surface area is 117 Å². The molecule has 1 aliphatic heterocycles. The molecular weight excluding hydrogens is 232 g/mol. The smallest absolute Gasteiger partial charge is 0.0481 e. The van der Waals surface area contributed by atoms with Crippen LogP contribution in [-0.4, -0.2) is 31.1 Å². The van der Waals surface area contributed by atoms with Crippen LogP contribution in [0.2, 0.25) is 0 Å². The average molecular weight is 258 g/mol. The monoisotopic (exact) mass is 258 g/mol. The van der Waals surface area contributed by atoms with Crippen LogP contribution in [0.15, 0.2) is 24.3 Å². The molecule has 0 bridgehead atoms. The first-order valence-corrected chi connectivity index (χ1v) is 7.82. The van der Waals surface area contributed by atoms with E-state index in [9.17, 15) is 0 Å². The second-order valence-electron chi connectivity index (χ2n) is 6.17. The summed E-state index contributed by atoms with van der Waals surface area (Å²) in [6.45, 7) is 4.91. The van der Waals surface area contributed by atoms with Gasteiger partial charge in [-0.2, -0.15) is 0 Å². The molecule has 1 fully saturated rings. The molecule has 3 unspecified atom stereocenters. The zero-order chi connectivity index (χ0) is 13.2. The number of likely N-dealkylation sites (tertiary alicyclic amines) is 1. The van der Waals surface area contributed by atoms with E-state index in [0.717, 1.165) is 5.92 Å². The molecule has 19 heavy (non-hydrogen) atoms. The zero-order valence-corrected chi connectivity index (χ0v) is 12.2. The number of benzene rings is 1. The fourth-order valence-corrected chi connectivity index (χ4v) is 4.07. The van der Waals surface area contributed by atoms with E-state index in [4.69, 9.17) is 0 Å². The summed E-state index contributed by atoms with van der Waals surface area (Å²) in [7, 11) is 2.11. The number of hydrogen-bond acceptors (Lipinski definition) is 2. The Morgan fingerprint density at radius 1 is 1.32 bits per heavy atom. The molecule has 0 aromatic heterocycles. The van der Waals surface area contributed by atoms with E-state index in [1.165, 1.54) is 44.3 Å². The molecule has 2 aliphatic rings. The van der Waals surface area contributed by atoms with Gasteiger partial charge in [-0.15, -0.1) is 0 Å². The molecule has 1 aromatic rings. The molecule has 104 valence electrons. The summed E-state index contributed by atoms with van der Waals surface area (Å²) in [4.78, 5) is 2.74. The van der Waals surface area contributed by atoms with E-state index in [1.54, 1.807) is 5.56 Å². The second kappa shape index (κ2) is 5.64. The minimum absolute atomic E-state index is 0.525. The van der Waals surface area contributed by atoms with Crippen molar-refractivity contribution in [3.63, 3.8) is 0 Å². The molecule has 1 saturated heterocycles. The third-order valence-electron chi connectivity index (χ3n) is 5.00. The van der Waals surface area contributed by atoms with Crippen LogP contribution in [0.25, 0.3) is 0 Å². The van der Waals surface area contributed by atoms with Crippen LogP contribution in [0, 0.1) is 5.92 Å². The minimum Gasteiger partial charge on any atom is -0.312 e. The summed E-state index contributed by atoms with van der Waals surface area (Å²) in [5.41, 5.74) is 3.07. The first-order chi connectivity index (χ1) is 9.33. The van der Waals surface area contributed by atoms with Crippen molar-refractivity contribution >= 4 is 0 Å². The Bertz CT molecular complexity index is 429. The number of hydrogen-bond donors (Lipinski definition) is 1. The quantitative estimate of drug-likeness (QED) is 0.893. The average Bonchev–Trinajstić information content (AvgIpc) is 3.02. The Balaban J connectivity index is 1.73. The van der Waals surface area contributed by atoms with Gasteiger partial charge >= 0.3 is 0 Å². The standard InChI is InChI=1S/C17H26N2/c1-3-6-13-9-10-19(12-13)16-11-14-7-4-5-8-15(14)17(16)18-2/h4-5,7-8,13,16-18H,3,6,9-12H2,1-2H3. The summed E-state index contributed by atoms with van der Waals surface area (Å²) in [6.07, 6.45) is 5.36. The molecular formula is C17H26N2. The highest BCUT2D eigenvalue weighted by molar-refractivity contribution is 5.37. The fraction of sp³-hybridized carbons (Fsp3) is 0.647. The van der Waals surface area contributed by atoms with E-state index in [-0.39, 0.29) is 0 Å². The van der Waals surface area contributed by atoms with Gasteiger partial charge in [0.2, 0.25) is 0 Å². The molecule has 0 spiro atoms. The van der Waals surface area contributed by atoms with Crippen molar-refractivity contribution in [1.29, 1.82) is 0 Å². The molecule has 0 saturated carbocycles. The Hall–Kier alpha value is -0.860. The molecule has 2 heteroatoms. The van der Waals surface area contributed by atoms with E-state index >= 15 is 0 Å². The van der Waals surface area contributed by atoms with Gasteiger partial charge in [0.05, 0.1) is 0 Å². The maximum absolute atomic E-state index is 3.55. The normalized spacial score (nSPS) is 30.7. The Morgan fingerprint density at radius 2 is 2.16 bits per heavy atom. The number of nitrogens with zero attached hydrogens (tertiary/aromatic N) is 1. The lowest BCUT2D eigenvalue weighted by Crippen LogP contribution is -2.40. The molecule has 1 heterocycles. The van der Waals surface area contributed by atoms with Gasteiger partial charge in [-0.05, 0) is 49.9 Å². The summed E-state index contributed by atoms with van der Waals surface area (Å²) in [6, 6.07) is 10.2. The SMILES string of the molecule is CCCC1CCN(C2Cc3ccccc3C2NC)C1. The highest BCUT2D eigenvalue weighted by Crippen LogP contribution is 2.36. The lowest BCUT2D eigenvalue weighted by Gasteiger charge is -2.29. The predicted molar refractivity (Wildman–Crippen MR) is 80.3 cm³/mol. The maximum atomic E-state index is 3.55. The van der Waals surface area contributed by atoms with E-state index in [1.807, 2.05) is 0 Å². The molecule has 0 amide bonds. The highest BCUT2D eigenvalue weighted by atomic mass is 15.2. The summed E-state index contributed by atoms with van der Waals surface area (Å²) < 4.78 is 0. The van der Waals surface area contributed by atoms with Gasteiger partial charge in [0.15, 0.2) is 0 Å². The number of fused-ring (bicyclic) bond motifs is 1. The Kier molecular flexibility index (Phi) is 3.90. The summed E-state index contributed by atoms with van der Waals surface area (Å²) in [5, 5.41) is 3.55. The van der Waals surface area contributed by atoms with Gasteiger partial charge in [-0.3, -0.25) is 4.90 Å². The van der Waals surface area contributed by atoms with Crippen molar-refractivity contribution in [2.75, 3.05) is 20.1 Å². The van der Waals surface area contributed by atoms with Crippen LogP contribution in [0.4, 0.5) is 0 Å². The lowest BCUT2D eigenvalue weighted by atomic mass is 10.0. The molecule has 1 aliphatic carbocycles. The van der Waals surface area contributed by atoms with Gasteiger partial charge in [-0.25, -0.2) is 0 Å². The van der Waals surface area contributed by atoms with Crippen molar-refractivity contribution in [1.82, 2.24) is 10.2 Å². The first kappa shape index (κ1) is 13.1. The van der Waals surface area contributed by atoms with Gasteiger partial charge in [0.1, 0.15) is 0 Å². The van der Waals surface area contributed by atoms with E-state index < -0.39 is 0 Å². The topological polar surface area (TPSA) is 15.3 Å². The van der Waals surface area contributed by atoms with Crippen molar-refractivity contribution in [3.05, 3.63) is 35.4 Å². The van der Waals surface area contributed by atoms with Gasteiger partial charge in [-0.1, -0.05) is 37.6 Å². The van der Waals surface area contributed by atoms with Gasteiger partial charge in [0, 0.05) is 18.6 Å². The van der Waals surface area contributed by atoms with Crippen LogP contribution < -0.4 is 5.32 Å². The van der Waals surface area contributed by atoms with Crippen molar-refractivity contribution < 1.29 is 0 Å². The summed E-state index contributed by atoms with van der Waals surface area (Å²) in [5.74, 6) is 0.936. The number of rotatable bonds is 4. The van der Waals surface area contributed by atoms with E-state index in [0.29, 0.717) is 12.1 Å². The molecule has 1 N–H and O–H groups in total. The first-order valence-electron chi connectivity index (χ1n) is 7.82. The molecule has 3 rings (SSSR count). The lowest BCUT2D eigenvalue weighted by molar-refractivity contribution is 0.200. The fourth-order valence-electron chi connectivity index (χ4n) is 4.07. The predicted octanol–water partition coefficient (Wildman–Crippen LogP) is 2.99. The number of nitrogens with one attached hydrogen (secondary N) is 1. The second-order valence-corrected chi connectivity index (χ2v) is 6.17. The summed E-state index contributed by atoms with van der Waals surface area (Å²) >= 11 is 0. The van der Waals surface area contributed by atoms with Crippen LogP contribution in [0.3, 0.4) is 0 Å². The molecule has 3 atom stereocenters. The third kappa shape index (κ3) is 2.44. The third-order valence-corrected chi connectivity index (χ3v) is 5.00. The van der Waals surface area contributed by atoms with Crippen molar-refractivity contribution in [2.24, 2.45) is 5.92 Å². The van der Waals surface area contributed by atoms with E-state index in [2.05, 4.69) is 48.5 Å². The van der Waals surface area contributed by atoms with Crippen LogP contribution in [0.1, 0.15) is 43.4 Å². The highest BCUT2D eigenvalue weighted by Gasteiger charge is 2.37. The van der Waals surface area contributed by atoms with Crippen molar-refractivity contribution in [3.8, 4) is 0 Å². The Morgan fingerprint density at radius 3 is 2.95 bits per heavy atom. The van der Waals surface area contributed by atoms with Gasteiger partial charge in [0.25, 0.3) is 0 Å². The van der Waals surface area contributed by atoms with Crippen molar-refractivity contribution in [2.45, 2.75) is 44.7 Å². The maximum Gasteiger partial charge on any atom is 0.0481 e. The van der Waals surface area contributed by atoms with Crippen LogP contribution in [-0.2, 0) is 6.42 Å². The van der Waals surface area contributed by atoms with Crippen LogP contribution in [0.5, 0.6) is 0 Å². The zero-order valence-electron chi connectivity index (χ0n) is 12.2. The molecule has 1 aromatic carbocycles. The molecule has 0 radical (unpaired) electrons.